The van der Waals surface area contributed by atoms with Crippen molar-refractivity contribution in [3.8, 4) is 0 Å². The molecule has 98 valence electrons. The Morgan fingerprint density at radius 3 is 2.58 bits per heavy atom. The van der Waals surface area contributed by atoms with Gasteiger partial charge in [-0.2, -0.15) is 0 Å². The molecule has 0 aromatic heterocycles. The molecule has 1 unspecified atom stereocenters. The van der Waals surface area contributed by atoms with Crippen LogP contribution in [0.2, 0.25) is 10.0 Å². The quantitative estimate of drug-likeness (QED) is 0.664. The van der Waals surface area contributed by atoms with Crippen LogP contribution in [0.4, 0.5) is 0 Å². The molecule has 0 radical (unpaired) electrons. The highest BCUT2D eigenvalue weighted by molar-refractivity contribution is 6.35. The maximum absolute atomic E-state index is 6.17. The Morgan fingerprint density at radius 1 is 1.11 bits per heavy atom. The monoisotopic (exact) mass is 291 g/mol. The molecule has 0 bridgehead atoms. The lowest BCUT2D eigenvalue weighted by molar-refractivity contribution is 0.825. The van der Waals surface area contributed by atoms with E-state index in [1.807, 2.05) is 37.4 Å². The Morgan fingerprint density at radius 2 is 1.89 bits per heavy atom. The lowest BCUT2D eigenvalue weighted by Gasteiger charge is -2.09. The van der Waals surface area contributed by atoms with Crippen LogP contribution < -0.4 is 0 Å². The predicted octanol–water partition coefficient (Wildman–Crippen LogP) is 5.48. The van der Waals surface area contributed by atoms with E-state index in [1.165, 1.54) is 5.56 Å². The Kier molecular flexibility index (Phi) is 4.62. The van der Waals surface area contributed by atoms with Crippen LogP contribution in [0.3, 0.4) is 0 Å². The van der Waals surface area contributed by atoms with Crippen molar-refractivity contribution in [2.75, 3.05) is 0 Å². The van der Waals surface area contributed by atoms with Crippen LogP contribution in [0.5, 0.6) is 0 Å². The van der Waals surface area contributed by atoms with E-state index in [1.54, 1.807) is 6.07 Å². The van der Waals surface area contributed by atoms with Crippen molar-refractivity contribution < 1.29 is 0 Å². The molecule has 1 nitrogen and oxygen atoms in total. The van der Waals surface area contributed by atoms with Gasteiger partial charge in [0.1, 0.15) is 0 Å². The fourth-order valence-corrected chi connectivity index (χ4v) is 2.44. The summed E-state index contributed by atoms with van der Waals surface area (Å²) in [6.07, 6.45) is 1.88. The second-order valence-corrected chi connectivity index (χ2v) is 5.38. The second-order valence-electron chi connectivity index (χ2n) is 4.53. The molecule has 2 rings (SSSR count). The van der Waals surface area contributed by atoms with Crippen LogP contribution in [-0.2, 0) is 0 Å². The minimum Gasteiger partial charge on any atom is -0.285 e. The molecule has 1 atom stereocenters. The molecule has 19 heavy (non-hydrogen) atoms. The molecule has 0 aliphatic heterocycles. The molecule has 0 fully saturated rings. The molecular weight excluding hydrogens is 277 g/mol. The average molecular weight is 292 g/mol. The largest absolute Gasteiger partial charge is 0.285 e. The van der Waals surface area contributed by atoms with Crippen LogP contribution >= 0.6 is 23.2 Å². The number of hydrogen-bond donors (Lipinski definition) is 0. The van der Waals surface area contributed by atoms with Crippen LogP contribution in [0.1, 0.15) is 29.7 Å². The van der Waals surface area contributed by atoms with Gasteiger partial charge in [-0.1, -0.05) is 59.1 Å². The summed E-state index contributed by atoms with van der Waals surface area (Å²) < 4.78 is 0. The van der Waals surface area contributed by atoms with Gasteiger partial charge in [0.15, 0.2) is 0 Å². The van der Waals surface area contributed by atoms with Crippen molar-refractivity contribution in [2.45, 2.75) is 19.9 Å². The molecule has 3 heteroatoms. The zero-order valence-corrected chi connectivity index (χ0v) is 12.4. The smallest absolute Gasteiger partial charge is 0.0735 e. The van der Waals surface area contributed by atoms with Crippen molar-refractivity contribution >= 4 is 29.4 Å². The zero-order valence-electron chi connectivity index (χ0n) is 10.9. The van der Waals surface area contributed by atoms with Gasteiger partial charge in [-0.3, -0.25) is 4.99 Å². The van der Waals surface area contributed by atoms with E-state index in [0.29, 0.717) is 10.0 Å². The summed E-state index contributed by atoms with van der Waals surface area (Å²) in [4.78, 5) is 4.54. The SMILES string of the molecule is Cc1cccc(C=NC(C)c2ccc(Cl)cc2Cl)c1. The Hall–Kier alpha value is -1.31. The Labute approximate surface area is 123 Å². The molecule has 2 aromatic carbocycles. The highest BCUT2D eigenvalue weighted by Crippen LogP contribution is 2.28. The summed E-state index contributed by atoms with van der Waals surface area (Å²) in [5.74, 6) is 0. The molecule has 0 saturated carbocycles. The van der Waals surface area contributed by atoms with E-state index in [9.17, 15) is 0 Å². The standard InChI is InChI=1S/C16H15Cl2N/c1-11-4-3-5-13(8-11)10-19-12(2)15-7-6-14(17)9-16(15)18/h3-10,12H,1-2H3. The first-order chi connectivity index (χ1) is 9.06. The van der Waals surface area contributed by atoms with Crippen molar-refractivity contribution in [1.29, 1.82) is 0 Å². The minimum atomic E-state index is 0.00489. The van der Waals surface area contributed by atoms with Gasteiger partial charge in [0, 0.05) is 16.3 Å². The normalized spacial score (nSPS) is 12.8. The first-order valence-corrected chi connectivity index (χ1v) is 6.86. The number of benzene rings is 2. The van der Waals surface area contributed by atoms with E-state index in [2.05, 4.69) is 24.0 Å². The summed E-state index contributed by atoms with van der Waals surface area (Å²) >= 11 is 12.1. The van der Waals surface area contributed by atoms with Gasteiger partial charge >= 0.3 is 0 Å². The number of rotatable bonds is 3. The molecule has 0 amide bonds. The maximum Gasteiger partial charge on any atom is 0.0735 e. The highest BCUT2D eigenvalue weighted by Gasteiger charge is 2.07. The van der Waals surface area contributed by atoms with Gasteiger partial charge in [0.05, 0.1) is 6.04 Å². The van der Waals surface area contributed by atoms with Crippen LogP contribution in [0.25, 0.3) is 0 Å². The first-order valence-electron chi connectivity index (χ1n) is 6.11. The van der Waals surface area contributed by atoms with Gasteiger partial charge < -0.3 is 0 Å². The van der Waals surface area contributed by atoms with E-state index in [0.717, 1.165) is 11.1 Å². The van der Waals surface area contributed by atoms with Crippen molar-refractivity contribution in [3.63, 3.8) is 0 Å². The summed E-state index contributed by atoms with van der Waals surface area (Å²) in [6, 6.07) is 13.7. The lowest BCUT2D eigenvalue weighted by atomic mass is 10.1. The van der Waals surface area contributed by atoms with E-state index in [-0.39, 0.29) is 6.04 Å². The van der Waals surface area contributed by atoms with Crippen LogP contribution in [0, 0.1) is 6.92 Å². The number of nitrogens with zero attached hydrogens (tertiary/aromatic N) is 1. The summed E-state index contributed by atoms with van der Waals surface area (Å²) in [6.45, 7) is 4.08. The number of halogens is 2. The zero-order chi connectivity index (χ0) is 13.8. The molecule has 0 heterocycles. The summed E-state index contributed by atoms with van der Waals surface area (Å²) in [5, 5.41) is 1.30. The molecular formula is C16H15Cl2N. The first kappa shape index (κ1) is 14.1. The van der Waals surface area contributed by atoms with Crippen molar-refractivity contribution in [2.24, 2.45) is 4.99 Å². The van der Waals surface area contributed by atoms with Gasteiger partial charge in [0.2, 0.25) is 0 Å². The molecule has 0 spiro atoms. The summed E-state index contributed by atoms with van der Waals surface area (Å²) in [5.41, 5.74) is 3.30. The van der Waals surface area contributed by atoms with E-state index < -0.39 is 0 Å². The Balaban J connectivity index is 2.18. The van der Waals surface area contributed by atoms with Gasteiger partial charge in [-0.25, -0.2) is 0 Å². The van der Waals surface area contributed by atoms with Crippen LogP contribution in [-0.4, -0.2) is 6.21 Å². The lowest BCUT2D eigenvalue weighted by Crippen LogP contribution is -1.92. The number of aryl methyl sites for hydroxylation is 1. The average Bonchev–Trinajstić information content (AvgIpc) is 2.36. The molecule has 0 aliphatic carbocycles. The highest BCUT2D eigenvalue weighted by atomic mass is 35.5. The molecule has 0 aliphatic rings. The third-order valence-corrected chi connectivity index (χ3v) is 3.46. The van der Waals surface area contributed by atoms with Gasteiger partial charge in [-0.15, -0.1) is 0 Å². The maximum atomic E-state index is 6.17. The van der Waals surface area contributed by atoms with Crippen molar-refractivity contribution in [3.05, 3.63) is 69.2 Å². The topological polar surface area (TPSA) is 12.4 Å². The van der Waals surface area contributed by atoms with E-state index in [4.69, 9.17) is 23.2 Å². The fraction of sp³-hybridized carbons (Fsp3) is 0.188. The molecule has 0 N–H and O–H groups in total. The van der Waals surface area contributed by atoms with Crippen LogP contribution in [0.15, 0.2) is 47.5 Å². The Bertz CT molecular complexity index is 605. The van der Waals surface area contributed by atoms with Crippen molar-refractivity contribution in [1.82, 2.24) is 0 Å². The second kappa shape index (κ2) is 6.23. The van der Waals surface area contributed by atoms with E-state index >= 15 is 0 Å². The molecule has 0 saturated heterocycles. The third kappa shape index (κ3) is 3.82. The number of hydrogen-bond acceptors (Lipinski definition) is 1. The fourth-order valence-electron chi connectivity index (χ4n) is 1.87. The summed E-state index contributed by atoms with van der Waals surface area (Å²) in [7, 11) is 0. The minimum absolute atomic E-state index is 0.00489. The third-order valence-electron chi connectivity index (χ3n) is 2.90. The molecule has 2 aromatic rings. The predicted molar refractivity (Wildman–Crippen MR) is 83.7 cm³/mol. The van der Waals surface area contributed by atoms with Gasteiger partial charge in [0.25, 0.3) is 0 Å². The number of aliphatic imine (C=N–C) groups is 1. The van der Waals surface area contributed by atoms with Gasteiger partial charge in [-0.05, 0) is 37.1 Å².